The first kappa shape index (κ1) is 32.6. The maximum absolute atomic E-state index is 11.5. The number of carbonyl (C=O) groups is 1. The third-order valence-electron chi connectivity index (χ3n) is 7.16. The Balaban J connectivity index is 3.15. The molecule has 0 aromatic rings. The largest absolute Gasteiger partial charge is 0.393 e. The molecule has 1 N–H and O–H groups in total. The van der Waals surface area contributed by atoms with E-state index in [9.17, 15) is 9.90 Å². The van der Waals surface area contributed by atoms with Crippen LogP contribution in [-0.4, -0.2) is 17.0 Å². The molecular weight excluding hydrogens is 404 g/mol. The van der Waals surface area contributed by atoms with E-state index in [1.165, 1.54) is 122 Å². The average Bonchev–Trinajstić information content (AvgIpc) is 2.80. The molecule has 0 aliphatic rings. The minimum atomic E-state index is -0.123. The highest BCUT2D eigenvalue weighted by Gasteiger charge is 2.05. The van der Waals surface area contributed by atoms with E-state index >= 15 is 0 Å². The first-order chi connectivity index (χ1) is 16.2. The second kappa shape index (κ2) is 27.9. The highest BCUT2D eigenvalue weighted by molar-refractivity contribution is 5.78. The van der Waals surface area contributed by atoms with Crippen molar-refractivity contribution in [3.05, 3.63) is 0 Å². The molecule has 0 aromatic carbocycles. The molecule has 0 unspecified atom stereocenters. The fraction of sp³-hybridized carbons (Fsp3) is 0.968. The fourth-order valence-electron chi connectivity index (χ4n) is 4.89. The zero-order chi connectivity index (χ0) is 24.2. The van der Waals surface area contributed by atoms with Gasteiger partial charge in [0.1, 0.15) is 5.78 Å². The molecule has 2 heteroatoms. The van der Waals surface area contributed by atoms with Crippen molar-refractivity contribution < 1.29 is 9.90 Å². The van der Waals surface area contributed by atoms with E-state index in [2.05, 4.69) is 13.8 Å². The van der Waals surface area contributed by atoms with Gasteiger partial charge in [0, 0.05) is 12.8 Å². The number of Topliss-reactive ketones (excluding diaryl/α,β-unsaturated/α-hetero) is 1. The molecule has 0 spiro atoms. The highest BCUT2D eigenvalue weighted by Crippen LogP contribution is 2.16. The van der Waals surface area contributed by atoms with Gasteiger partial charge in [-0.1, -0.05) is 149 Å². The van der Waals surface area contributed by atoms with Gasteiger partial charge in [0.25, 0.3) is 0 Å². The van der Waals surface area contributed by atoms with Gasteiger partial charge in [-0.3, -0.25) is 4.79 Å². The zero-order valence-corrected chi connectivity index (χ0v) is 23.0. The molecule has 0 aromatic heterocycles. The van der Waals surface area contributed by atoms with Crippen LogP contribution in [0.5, 0.6) is 0 Å². The standard InChI is InChI=1S/C31H62O2/c1-3-5-6-7-8-9-10-11-12-13-14-15-16-17-18-19-20-21-23-28-31(33)29-25-22-24-27-30(32)26-4-2/h31,33H,3-29H2,1-2H3/t31-/m0/s1. The summed E-state index contributed by atoms with van der Waals surface area (Å²) in [6.45, 7) is 4.36. The number of hydrogen-bond acceptors (Lipinski definition) is 2. The van der Waals surface area contributed by atoms with Crippen LogP contribution in [0.2, 0.25) is 0 Å². The Bertz CT molecular complexity index is 379. The summed E-state index contributed by atoms with van der Waals surface area (Å²) in [5.41, 5.74) is 0. The molecule has 198 valence electrons. The quantitative estimate of drug-likeness (QED) is 0.116. The number of ketones is 1. The molecule has 0 fully saturated rings. The van der Waals surface area contributed by atoms with Crippen molar-refractivity contribution in [3.8, 4) is 0 Å². The smallest absolute Gasteiger partial charge is 0.132 e. The molecule has 0 heterocycles. The van der Waals surface area contributed by atoms with Crippen molar-refractivity contribution in [2.75, 3.05) is 0 Å². The van der Waals surface area contributed by atoms with Gasteiger partial charge in [0.05, 0.1) is 6.10 Å². The topological polar surface area (TPSA) is 37.3 Å². The average molecular weight is 467 g/mol. The summed E-state index contributed by atoms with van der Waals surface area (Å²) in [6.07, 6.45) is 34.1. The zero-order valence-electron chi connectivity index (χ0n) is 23.0. The molecule has 1 atom stereocenters. The van der Waals surface area contributed by atoms with Crippen molar-refractivity contribution in [1.82, 2.24) is 0 Å². The van der Waals surface area contributed by atoms with Crippen LogP contribution in [0, 0.1) is 0 Å². The van der Waals surface area contributed by atoms with Gasteiger partial charge in [-0.05, 0) is 25.7 Å². The number of unbranched alkanes of at least 4 members (excludes halogenated alkanes) is 20. The lowest BCUT2D eigenvalue weighted by molar-refractivity contribution is -0.119. The van der Waals surface area contributed by atoms with Crippen LogP contribution in [0.4, 0.5) is 0 Å². The highest BCUT2D eigenvalue weighted by atomic mass is 16.3. The van der Waals surface area contributed by atoms with Crippen LogP contribution in [0.3, 0.4) is 0 Å². The molecule has 33 heavy (non-hydrogen) atoms. The monoisotopic (exact) mass is 466 g/mol. The fourth-order valence-corrected chi connectivity index (χ4v) is 4.89. The Morgan fingerprint density at radius 2 is 0.788 bits per heavy atom. The van der Waals surface area contributed by atoms with Gasteiger partial charge in [0.15, 0.2) is 0 Å². The predicted molar refractivity (Wildman–Crippen MR) is 147 cm³/mol. The summed E-state index contributed by atoms with van der Waals surface area (Å²) >= 11 is 0. The number of aliphatic hydroxyl groups excluding tert-OH is 1. The van der Waals surface area contributed by atoms with Crippen molar-refractivity contribution in [2.45, 2.75) is 193 Å². The maximum atomic E-state index is 11.5. The summed E-state index contributed by atoms with van der Waals surface area (Å²) in [7, 11) is 0. The van der Waals surface area contributed by atoms with E-state index in [1.54, 1.807) is 0 Å². The molecule has 0 amide bonds. The molecule has 0 aliphatic carbocycles. The molecule has 0 bridgehead atoms. The Morgan fingerprint density at radius 1 is 0.455 bits per heavy atom. The molecule has 0 aliphatic heterocycles. The second-order valence-corrected chi connectivity index (χ2v) is 10.7. The number of carbonyl (C=O) groups excluding carboxylic acids is 1. The molecule has 0 saturated heterocycles. The van der Waals surface area contributed by atoms with Crippen LogP contribution < -0.4 is 0 Å². The van der Waals surface area contributed by atoms with Crippen LogP contribution in [0.15, 0.2) is 0 Å². The van der Waals surface area contributed by atoms with Gasteiger partial charge >= 0.3 is 0 Å². The van der Waals surface area contributed by atoms with E-state index in [1.807, 2.05) is 0 Å². The van der Waals surface area contributed by atoms with E-state index in [0.29, 0.717) is 5.78 Å². The Hall–Kier alpha value is -0.370. The molecule has 0 radical (unpaired) electrons. The lowest BCUT2D eigenvalue weighted by Crippen LogP contribution is -2.06. The summed E-state index contributed by atoms with van der Waals surface area (Å²) in [5, 5.41) is 10.1. The van der Waals surface area contributed by atoms with Gasteiger partial charge in [-0.25, -0.2) is 0 Å². The van der Waals surface area contributed by atoms with Gasteiger partial charge in [-0.15, -0.1) is 0 Å². The summed E-state index contributed by atoms with van der Waals surface area (Å²) in [6, 6.07) is 0. The van der Waals surface area contributed by atoms with Gasteiger partial charge in [0.2, 0.25) is 0 Å². The number of hydrogen-bond donors (Lipinski definition) is 1. The van der Waals surface area contributed by atoms with Crippen molar-refractivity contribution in [3.63, 3.8) is 0 Å². The van der Waals surface area contributed by atoms with Crippen LogP contribution >= 0.6 is 0 Å². The van der Waals surface area contributed by atoms with Crippen LogP contribution in [0.1, 0.15) is 187 Å². The summed E-state index contributed by atoms with van der Waals surface area (Å²) in [5.74, 6) is 0.409. The van der Waals surface area contributed by atoms with Gasteiger partial charge in [-0.2, -0.15) is 0 Å². The molecule has 0 rings (SSSR count). The Kier molecular flexibility index (Phi) is 27.6. The third kappa shape index (κ3) is 27.8. The minimum Gasteiger partial charge on any atom is -0.393 e. The maximum Gasteiger partial charge on any atom is 0.132 e. The van der Waals surface area contributed by atoms with E-state index in [0.717, 1.165) is 51.4 Å². The lowest BCUT2D eigenvalue weighted by atomic mass is 10.0. The normalized spacial score (nSPS) is 12.3. The molecule has 0 saturated carbocycles. The second-order valence-electron chi connectivity index (χ2n) is 10.7. The van der Waals surface area contributed by atoms with E-state index < -0.39 is 0 Å². The summed E-state index contributed by atoms with van der Waals surface area (Å²) in [4.78, 5) is 11.5. The van der Waals surface area contributed by atoms with Crippen LogP contribution in [-0.2, 0) is 4.79 Å². The van der Waals surface area contributed by atoms with Crippen LogP contribution in [0.25, 0.3) is 0 Å². The van der Waals surface area contributed by atoms with Crippen molar-refractivity contribution in [2.24, 2.45) is 0 Å². The Labute approximate surface area is 209 Å². The SMILES string of the molecule is CCCCCCCCCCCCCCCCCCCCC[C@H](O)CCCCCC(=O)CCC. The van der Waals surface area contributed by atoms with E-state index in [-0.39, 0.29) is 6.10 Å². The van der Waals surface area contributed by atoms with Gasteiger partial charge < -0.3 is 5.11 Å². The first-order valence-corrected chi connectivity index (χ1v) is 15.4. The lowest BCUT2D eigenvalue weighted by Gasteiger charge is -2.10. The number of rotatable bonds is 28. The Morgan fingerprint density at radius 3 is 1.15 bits per heavy atom. The third-order valence-corrected chi connectivity index (χ3v) is 7.16. The first-order valence-electron chi connectivity index (χ1n) is 15.4. The van der Waals surface area contributed by atoms with E-state index in [4.69, 9.17) is 0 Å². The predicted octanol–water partition coefficient (Wildman–Crippen LogP) is 10.5. The minimum absolute atomic E-state index is 0.123. The van der Waals surface area contributed by atoms with Crippen molar-refractivity contribution >= 4 is 5.78 Å². The summed E-state index contributed by atoms with van der Waals surface area (Å²) < 4.78 is 0. The number of aliphatic hydroxyl groups is 1. The van der Waals surface area contributed by atoms with Crippen molar-refractivity contribution in [1.29, 1.82) is 0 Å². The molecular formula is C31H62O2. The molecule has 2 nitrogen and oxygen atoms in total.